The molecule has 1 heterocycles. The van der Waals surface area contributed by atoms with Gasteiger partial charge < -0.3 is 10.6 Å². The van der Waals surface area contributed by atoms with Gasteiger partial charge in [0.05, 0.1) is 12.3 Å². The van der Waals surface area contributed by atoms with Gasteiger partial charge >= 0.3 is 0 Å². The first-order valence-electron chi connectivity index (χ1n) is 4.84. The largest absolute Gasteiger partial charge is 0.354 e. The van der Waals surface area contributed by atoms with Crippen molar-refractivity contribution in [3.05, 3.63) is 0 Å². The van der Waals surface area contributed by atoms with E-state index in [0.717, 1.165) is 6.26 Å². The van der Waals surface area contributed by atoms with Crippen LogP contribution in [0.25, 0.3) is 0 Å². The molecule has 1 saturated heterocycles. The van der Waals surface area contributed by atoms with E-state index in [9.17, 15) is 18.0 Å². The molecule has 7 nitrogen and oxygen atoms in total. The van der Waals surface area contributed by atoms with Gasteiger partial charge in [-0.25, -0.2) is 8.42 Å². The molecular weight excluding hydrogens is 234 g/mol. The number of hydrogen-bond acceptors (Lipinski definition) is 5. The van der Waals surface area contributed by atoms with E-state index < -0.39 is 15.9 Å². The van der Waals surface area contributed by atoms with E-state index in [2.05, 4.69) is 16.0 Å². The molecule has 8 heteroatoms. The summed E-state index contributed by atoms with van der Waals surface area (Å²) in [6, 6.07) is -0.489. The van der Waals surface area contributed by atoms with Crippen LogP contribution in [0.1, 0.15) is 0 Å². The highest BCUT2D eigenvalue weighted by atomic mass is 32.2. The van der Waals surface area contributed by atoms with Gasteiger partial charge in [-0.2, -0.15) is 0 Å². The van der Waals surface area contributed by atoms with Gasteiger partial charge in [-0.05, 0) is 0 Å². The van der Waals surface area contributed by atoms with Crippen LogP contribution < -0.4 is 16.0 Å². The van der Waals surface area contributed by atoms with Crippen molar-refractivity contribution in [2.24, 2.45) is 0 Å². The predicted octanol–water partition coefficient (Wildman–Crippen LogP) is -2.76. The molecule has 92 valence electrons. The third-order valence-electron chi connectivity index (χ3n) is 2.10. The molecule has 0 aromatic heterocycles. The highest BCUT2D eigenvalue weighted by molar-refractivity contribution is 7.90. The van der Waals surface area contributed by atoms with Crippen LogP contribution in [-0.2, 0) is 19.4 Å². The molecule has 1 atom stereocenters. The van der Waals surface area contributed by atoms with E-state index in [4.69, 9.17) is 0 Å². The minimum atomic E-state index is -3.06. The number of nitrogens with one attached hydrogen (secondary N) is 3. The average Bonchev–Trinajstić information content (AvgIpc) is 2.16. The van der Waals surface area contributed by atoms with Gasteiger partial charge in [0, 0.05) is 19.3 Å². The SMILES string of the molecule is CS(=O)(=O)CCNC(=O)C1CNC(=O)CN1. The molecule has 0 saturated carbocycles. The van der Waals surface area contributed by atoms with Crippen molar-refractivity contribution in [1.29, 1.82) is 0 Å². The van der Waals surface area contributed by atoms with Crippen molar-refractivity contribution in [3.8, 4) is 0 Å². The molecule has 1 unspecified atom stereocenters. The fourth-order valence-electron chi connectivity index (χ4n) is 1.23. The fraction of sp³-hybridized carbons (Fsp3) is 0.750. The van der Waals surface area contributed by atoms with Crippen LogP contribution in [0, 0.1) is 0 Å². The van der Waals surface area contributed by atoms with E-state index in [1.807, 2.05) is 0 Å². The first-order valence-corrected chi connectivity index (χ1v) is 6.90. The van der Waals surface area contributed by atoms with Gasteiger partial charge in [0.1, 0.15) is 15.9 Å². The molecule has 16 heavy (non-hydrogen) atoms. The van der Waals surface area contributed by atoms with E-state index in [1.54, 1.807) is 0 Å². The lowest BCUT2D eigenvalue weighted by Crippen LogP contribution is -2.58. The number of sulfone groups is 1. The molecular formula is C8H15N3O4S. The highest BCUT2D eigenvalue weighted by Crippen LogP contribution is 1.88. The second kappa shape index (κ2) is 5.26. The number of hydrogen-bond donors (Lipinski definition) is 3. The van der Waals surface area contributed by atoms with Crippen molar-refractivity contribution in [2.45, 2.75) is 6.04 Å². The quantitative estimate of drug-likeness (QED) is 0.500. The van der Waals surface area contributed by atoms with Gasteiger partial charge in [-0.1, -0.05) is 0 Å². The minimum Gasteiger partial charge on any atom is -0.354 e. The van der Waals surface area contributed by atoms with Crippen LogP contribution in [0.3, 0.4) is 0 Å². The third-order valence-corrected chi connectivity index (χ3v) is 3.05. The van der Waals surface area contributed by atoms with Crippen LogP contribution in [0.5, 0.6) is 0 Å². The maximum atomic E-state index is 11.5. The van der Waals surface area contributed by atoms with Gasteiger partial charge in [0.2, 0.25) is 11.8 Å². The van der Waals surface area contributed by atoms with Crippen molar-refractivity contribution < 1.29 is 18.0 Å². The Morgan fingerprint density at radius 3 is 2.75 bits per heavy atom. The second-order valence-electron chi connectivity index (χ2n) is 3.66. The van der Waals surface area contributed by atoms with Gasteiger partial charge in [-0.15, -0.1) is 0 Å². The molecule has 0 aromatic rings. The molecule has 2 amide bonds. The monoisotopic (exact) mass is 249 g/mol. The molecule has 0 aliphatic carbocycles. The summed E-state index contributed by atoms with van der Waals surface area (Å²) in [6.45, 7) is 0.414. The molecule has 3 N–H and O–H groups in total. The Hall–Kier alpha value is -1.15. The smallest absolute Gasteiger partial charge is 0.239 e. The lowest BCUT2D eigenvalue weighted by atomic mass is 10.2. The maximum Gasteiger partial charge on any atom is 0.239 e. The van der Waals surface area contributed by atoms with E-state index in [1.165, 1.54) is 0 Å². The highest BCUT2D eigenvalue weighted by Gasteiger charge is 2.23. The second-order valence-corrected chi connectivity index (χ2v) is 5.92. The van der Waals surface area contributed by atoms with Crippen molar-refractivity contribution >= 4 is 21.7 Å². The van der Waals surface area contributed by atoms with Gasteiger partial charge in [-0.3, -0.25) is 14.9 Å². The van der Waals surface area contributed by atoms with Crippen LogP contribution in [0.2, 0.25) is 0 Å². The Bertz CT molecular complexity index is 369. The van der Waals surface area contributed by atoms with Crippen molar-refractivity contribution in [2.75, 3.05) is 31.6 Å². The van der Waals surface area contributed by atoms with Crippen LogP contribution in [0.4, 0.5) is 0 Å². The molecule has 0 bridgehead atoms. The summed E-state index contributed by atoms with van der Waals surface area (Å²) < 4.78 is 21.6. The Kier molecular flexibility index (Phi) is 4.25. The van der Waals surface area contributed by atoms with Crippen molar-refractivity contribution in [3.63, 3.8) is 0 Å². The normalized spacial score (nSPS) is 21.3. The number of piperazine rings is 1. The van der Waals surface area contributed by atoms with E-state index in [0.29, 0.717) is 0 Å². The molecule has 0 aromatic carbocycles. The van der Waals surface area contributed by atoms with E-state index in [-0.39, 0.29) is 37.2 Å². The van der Waals surface area contributed by atoms with Gasteiger partial charge in [0.15, 0.2) is 0 Å². The Morgan fingerprint density at radius 1 is 1.56 bits per heavy atom. The van der Waals surface area contributed by atoms with Crippen LogP contribution in [-0.4, -0.2) is 57.9 Å². The third kappa shape index (κ3) is 4.58. The summed E-state index contributed by atoms with van der Waals surface area (Å²) in [7, 11) is -3.06. The predicted molar refractivity (Wildman–Crippen MR) is 57.5 cm³/mol. The molecule has 1 rings (SSSR count). The standard InChI is InChI=1S/C8H15N3O4S/c1-16(14,15)3-2-9-8(13)6-4-11-7(12)5-10-6/h6,10H,2-5H2,1H3,(H,9,13)(H,11,12). The van der Waals surface area contributed by atoms with E-state index >= 15 is 0 Å². The number of rotatable bonds is 4. The lowest BCUT2D eigenvalue weighted by molar-refractivity contribution is -0.126. The fourth-order valence-corrected chi connectivity index (χ4v) is 1.71. The minimum absolute atomic E-state index is 0.0855. The van der Waals surface area contributed by atoms with Gasteiger partial charge in [0.25, 0.3) is 0 Å². The summed E-state index contributed by atoms with van der Waals surface area (Å²) in [5, 5.41) is 7.77. The summed E-state index contributed by atoms with van der Waals surface area (Å²) in [5.74, 6) is -0.540. The first-order chi connectivity index (χ1) is 7.38. The lowest BCUT2D eigenvalue weighted by Gasteiger charge is -2.22. The molecule has 1 fully saturated rings. The molecule has 1 aliphatic heterocycles. The summed E-state index contributed by atoms with van der Waals surface area (Å²) in [5.41, 5.74) is 0. The summed E-state index contributed by atoms with van der Waals surface area (Å²) in [4.78, 5) is 22.3. The zero-order chi connectivity index (χ0) is 12.2. The topological polar surface area (TPSA) is 104 Å². The number of amides is 2. The average molecular weight is 249 g/mol. The molecule has 1 aliphatic rings. The number of carbonyl (C=O) groups excluding carboxylic acids is 2. The molecule has 0 spiro atoms. The van der Waals surface area contributed by atoms with Crippen LogP contribution >= 0.6 is 0 Å². The summed E-state index contributed by atoms with van der Waals surface area (Å²) >= 11 is 0. The number of carbonyl (C=O) groups is 2. The zero-order valence-corrected chi connectivity index (χ0v) is 9.76. The Morgan fingerprint density at radius 2 is 2.25 bits per heavy atom. The van der Waals surface area contributed by atoms with Crippen LogP contribution in [0.15, 0.2) is 0 Å². The summed E-state index contributed by atoms with van der Waals surface area (Å²) in [6.07, 6.45) is 1.11. The Labute approximate surface area is 93.9 Å². The van der Waals surface area contributed by atoms with Crippen molar-refractivity contribution in [1.82, 2.24) is 16.0 Å². The maximum absolute atomic E-state index is 11.5. The first kappa shape index (κ1) is 12.9. The Balaban J connectivity index is 2.28. The zero-order valence-electron chi connectivity index (χ0n) is 8.95. The molecule has 0 radical (unpaired) electrons.